The second kappa shape index (κ2) is 5.39. The van der Waals surface area contributed by atoms with Crippen LogP contribution in [0.3, 0.4) is 0 Å². The minimum Gasteiger partial charge on any atom is -0.299 e. The summed E-state index contributed by atoms with van der Waals surface area (Å²) in [6.07, 6.45) is 20.7. The number of fused-ring (bicyclic) bond motifs is 5. The first-order valence-corrected chi connectivity index (χ1v) is 9.89. The Kier molecular flexibility index (Phi) is 3.66. The fourth-order valence-electron chi connectivity index (χ4n) is 7.46. The van der Waals surface area contributed by atoms with E-state index in [2.05, 4.69) is 25.7 Å². The van der Waals surface area contributed by atoms with E-state index >= 15 is 0 Å². The second-order valence-electron chi connectivity index (χ2n) is 9.56. The van der Waals surface area contributed by atoms with E-state index in [1.54, 1.807) is 0 Å². The van der Waals surface area contributed by atoms with Crippen molar-refractivity contribution in [3.05, 3.63) is 0 Å². The minimum absolute atomic E-state index is 0.0219. The van der Waals surface area contributed by atoms with Crippen LogP contribution in [0.25, 0.3) is 0 Å². The predicted molar refractivity (Wildman–Crippen MR) is 96.8 cm³/mol. The van der Waals surface area contributed by atoms with Crippen molar-refractivity contribution in [2.45, 2.75) is 65.2 Å². The van der Waals surface area contributed by atoms with E-state index < -0.39 is 0 Å². The lowest BCUT2D eigenvalue weighted by Gasteiger charge is -2.60. The molecule has 0 spiro atoms. The van der Waals surface area contributed by atoms with Crippen LogP contribution in [-0.2, 0) is 4.79 Å². The normalized spacial score (nSPS) is 53.2. The Labute approximate surface area is 147 Å². The molecule has 4 aliphatic carbocycles. The van der Waals surface area contributed by atoms with Gasteiger partial charge in [-0.3, -0.25) is 4.79 Å². The quantitative estimate of drug-likeness (QED) is 0.590. The molecule has 0 heterocycles. The van der Waals surface area contributed by atoms with E-state index in [4.69, 9.17) is 12.8 Å². The lowest BCUT2D eigenvalue weighted by atomic mass is 9.43. The number of rotatable bonds is 0. The third-order valence-electron chi connectivity index (χ3n) is 8.89. The number of hydrogen-bond donors (Lipinski definition) is 0. The minimum atomic E-state index is -0.0219. The zero-order valence-corrected chi connectivity index (χ0v) is 15.2. The third-order valence-corrected chi connectivity index (χ3v) is 8.89. The molecule has 24 heavy (non-hydrogen) atoms. The van der Waals surface area contributed by atoms with Gasteiger partial charge in [-0.25, -0.2) is 0 Å². The number of hydrogen-bond acceptors (Lipinski definition) is 1. The fraction of sp³-hybridized carbons (Fsp3) is 0.783. The summed E-state index contributed by atoms with van der Waals surface area (Å²) in [5, 5.41) is 0. The predicted octanol–water partition coefficient (Wildman–Crippen LogP) is 4.71. The molecule has 1 heteroatoms. The van der Waals surface area contributed by atoms with Crippen LogP contribution in [-0.4, -0.2) is 5.78 Å². The van der Waals surface area contributed by atoms with Crippen LogP contribution in [0, 0.1) is 71.0 Å². The molecule has 0 amide bonds. The van der Waals surface area contributed by atoms with Gasteiger partial charge in [0.25, 0.3) is 0 Å². The molecule has 3 unspecified atom stereocenters. The molecule has 4 aliphatic rings. The van der Waals surface area contributed by atoms with Crippen molar-refractivity contribution in [2.75, 3.05) is 0 Å². The molecule has 4 saturated carbocycles. The van der Waals surface area contributed by atoms with Crippen molar-refractivity contribution in [2.24, 2.45) is 46.3 Å². The van der Waals surface area contributed by atoms with Crippen LogP contribution in [0.4, 0.5) is 0 Å². The van der Waals surface area contributed by atoms with Gasteiger partial charge in [-0.15, -0.1) is 24.7 Å². The molecule has 8 atom stereocenters. The van der Waals surface area contributed by atoms with E-state index in [0.29, 0.717) is 17.1 Å². The second-order valence-corrected chi connectivity index (χ2v) is 9.56. The summed E-state index contributed by atoms with van der Waals surface area (Å²) >= 11 is 0. The van der Waals surface area contributed by atoms with Crippen molar-refractivity contribution in [1.29, 1.82) is 0 Å². The average molecular weight is 322 g/mol. The van der Waals surface area contributed by atoms with Crippen LogP contribution in [0.5, 0.6) is 0 Å². The third kappa shape index (κ3) is 2.00. The van der Waals surface area contributed by atoms with E-state index in [9.17, 15) is 4.79 Å². The van der Waals surface area contributed by atoms with Gasteiger partial charge in [-0.1, -0.05) is 13.8 Å². The van der Waals surface area contributed by atoms with Crippen molar-refractivity contribution in [3.63, 3.8) is 0 Å². The van der Waals surface area contributed by atoms with Gasteiger partial charge in [0.15, 0.2) is 0 Å². The van der Waals surface area contributed by atoms with Crippen LogP contribution < -0.4 is 0 Å². The molecular formula is C23H30O. The lowest BCUT2D eigenvalue weighted by Crippen LogP contribution is -2.54. The highest BCUT2D eigenvalue weighted by Crippen LogP contribution is 2.66. The number of carbonyl (C=O) groups is 1. The summed E-state index contributed by atoms with van der Waals surface area (Å²) in [5.41, 5.74) is 0.312. The van der Waals surface area contributed by atoms with Crippen LogP contribution in [0.15, 0.2) is 0 Å². The summed E-state index contributed by atoms with van der Waals surface area (Å²) in [7, 11) is 0. The largest absolute Gasteiger partial charge is 0.299 e. The molecule has 128 valence electrons. The summed E-state index contributed by atoms with van der Waals surface area (Å²) in [6, 6.07) is 0. The Hall–Kier alpha value is -1.21. The lowest BCUT2D eigenvalue weighted by molar-refractivity contribution is -0.141. The van der Waals surface area contributed by atoms with Gasteiger partial charge in [0.2, 0.25) is 0 Å². The van der Waals surface area contributed by atoms with E-state index in [1.807, 2.05) is 0 Å². The highest BCUT2D eigenvalue weighted by molar-refractivity contribution is 5.87. The van der Waals surface area contributed by atoms with Gasteiger partial charge in [-0.2, -0.15) is 0 Å². The van der Waals surface area contributed by atoms with Crippen LogP contribution in [0.1, 0.15) is 65.2 Å². The Bertz CT molecular complexity index is 633. The first-order chi connectivity index (χ1) is 11.4. The molecular weight excluding hydrogens is 292 g/mol. The zero-order valence-electron chi connectivity index (χ0n) is 15.2. The number of carbonyl (C=O) groups excluding carboxylic acids is 1. The van der Waals surface area contributed by atoms with Crippen molar-refractivity contribution in [1.82, 2.24) is 0 Å². The topological polar surface area (TPSA) is 17.1 Å². The number of terminal acetylenes is 2. The van der Waals surface area contributed by atoms with E-state index in [-0.39, 0.29) is 17.3 Å². The molecule has 1 nitrogen and oxygen atoms in total. The molecule has 0 aromatic rings. The molecule has 4 rings (SSSR count). The summed E-state index contributed by atoms with van der Waals surface area (Å²) in [5.74, 6) is 9.89. The molecule has 0 radical (unpaired) electrons. The standard InChI is InChI=1S/C23H30O/c1-5-15-13-17-7-8-18-19-9-10-21(24)22(19,3)12-11-20(18)23(17,4)14-16(15)6-2/h1-2,15-20H,7-14H2,3-4H3/t15?,16?,17?,18-,19-,20+,22-,23-/m0/s1. The molecule has 0 saturated heterocycles. The fourth-order valence-corrected chi connectivity index (χ4v) is 7.46. The summed E-state index contributed by atoms with van der Waals surface area (Å²) < 4.78 is 0. The smallest absolute Gasteiger partial charge is 0.139 e. The van der Waals surface area contributed by atoms with Gasteiger partial charge in [0.05, 0.1) is 0 Å². The summed E-state index contributed by atoms with van der Waals surface area (Å²) in [6.45, 7) is 4.77. The van der Waals surface area contributed by atoms with E-state index in [1.165, 1.54) is 19.3 Å². The van der Waals surface area contributed by atoms with Gasteiger partial charge in [0, 0.05) is 23.7 Å². The Morgan fingerprint density at radius 2 is 1.75 bits per heavy atom. The molecule has 0 bridgehead atoms. The Morgan fingerprint density at radius 3 is 2.46 bits per heavy atom. The van der Waals surface area contributed by atoms with Crippen molar-refractivity contribution in [3.8, 4) is 24.7 Å². The van der Waals surface area contributed by atoms with Gasteiger partial charge in [-0.05, 0) is 74.0 Å². The zero-order chi connectivity index (χ0) is 17.1. The molecule has 4 fully saturated rings. The summed E-state index contributed by atoms with van der Waals surface area (Å²) in [4.78, 5) is 12.5. The molecule has 0 aromatic heterocycles. The van der Waals surface area contributed by atoms with Gasteiger partial charge >= 0.3 is 0 Å². The molecule has 0 N–H and O–H groups in total. The Morgan fingerprint density at radius 1 is 1.00 bits per heavy atom. The maximum Gasteiger partial charge on any atom is 0.139 e. The molecule has 0 aliphatic heterocycles. The molecule has 0 aromatic carbocycles. The van der Waals surface area contributed by atoms with Crippen LogP contribution >= 0.6 is 0 Å². The maximum atomic E-state index is 12.5. The van der Waals surface area contributed by atoms with Gasteiger partial charge in [0.1, 0.15) is 5.78 Å². The first-order valence-electron chi connectivity index (χ1n) is 9.89. The van der Waals surface area contributed by atoms with Crippen LogP contribution in [0.2, 0.25) is 0 Å². The monoisotopic (exact) mass is 322 g/mol. The van der Waals surface area contributed by atoms with Crippen molar-refractivity contribution < 1.29 is 4.79 Å². The first kappa shape index (κ1) is 16.3. The highest BCUT2D eigenvalue weighted by Gasteiger charge is 2.60. The number of Topliss-reactive ketones (excluding diaryl/α,β-unsaturated/α-hetero) is 1. The SMILES string of the molecule is C#CC1CC2CC[C@@H]3[C@@H](CC[C@]4(C)C(=O)CC[C@@H]34)[C@@]2(C)CC1C#C. The van der Waals surface area contributed by atoms with Crippen molar-refractivity contribution >= 4 is 5.78 Å². The Balaban J connectivity index is 1.65. The van der Waals surface area contributed by atoms with Gasteiger partial charge < -0.3 is 0 Å². The number of ketones is 1. The highest BCUT2D eigenvalue weighted by atomic mass is 16.1. The van der Waals surface area contributed by atoms with E-state index in [0.717, 1.165) is 49.9 Å². The maximum absolute atomic E-state index is 12.5. The average Bonchev–Trinajstić information content (AvgIpc) is 2.88.